The van der Waals surface area contributed by atoms with Crippen LogP contribution in [-0.4, -0.2) is 59.1 Å². The second kappa shape index (κ2) is 6.47. The summed E-state index contributed by atoms with van der Waals surface area (Å²) in [5, 5.41) is 11.3. The number of nitro groups is 1. The monoisotopic (exact) mass is 281 g/mol. The standard InChI is InChI=1S/C12H19N5O3/c1-3-15-5-7-16(8-6-15)11-10(17(18)19)12(20-4-2)14-9-13-11/h9H,3-8H2,1-2H3. The van der Waals surface area contributed by atoms with E-state index >= 15 is 0 Å². The topological polar surface area (TPSA) is 84.6 Å². The van der Waals surface area contributed by atoms with Gasteiger partial charge in [-0.25, -0.2) is 4.98 Å². The van der Waals surface area contributed by atoms with Crippen LogP contribution in [0.3, 0.4) is 0 Å². The molecule has 1 aromatic heterocycles. The van der Waals surface area contributed by atoms with Crippen molar-refractivity contribution in [3.05, 3.63) is 16.4 Å². The zero-order valence-electron chi connectivity index (χ0n) is 11.8. The van der Waals surface area contributed by atoms with Crippen molar-refractivity contribution in [1.29, 1.82) is 0 Å². The van der Waals surface area contributed by atoms with E-state index in [-0.39, 0.29) is 11.6 Å². The molecule has 1 aromatic rings. The first kappa shape index (κ1) is 14.4. The van der Waals surface area contributed by atoms with Gasteiger partial charge < -0.3 is 14.5 Å². The molecule has 8 nitrogen and oxygen atoms in total. The van der Waals surface area contributed by atoms with E-state index < -0.39 is 4.92 Å². The summed E-state index contributed by atoms with van der Waals surface area (Å²) in [5.41, 5.74) is -0.140. The first-order valence-electron chi connectivity index (χ1n) is 6.76. The zero-order chi connectivity index (χ0) is 14.5. The fourth-order valence-electron chi connectivity index (χ4n) is 2.26. The smallest absolute Gasteiger partial charge is 0.372 e. The molecule has 0 N–H and O–H groups in total. The van der Waals surface area contributed by atoms with Gasteiger partial charge in [-0.2, -0.15) is 4.98 Å². The van der Waals surface area contributed by atoms with Gasteiger partial charge in [0.2, 0.25) is 5.82 Å². The number of nitrogens with zero attached hydrogens (tertiary/aromatic N) is 5. The SMILES string of the molecule is CCOc1ncnc(N2CCN(CC)CC2)c1[N+](=O)[O-]. The van der Waals surface area contributed by atoms with Crippen molar-refractivity contribution >= 4 is 11.5 Å². The van der Waals surface area contributed by atoms with Crippen LogP contribution in [0.1, 0.15) is 13.8 Å². The Hall–Kier alpha value is -1.96. The highest BCUT2D eigenvalue weighted by Gasteiger charge is 2.29. The van der Waals surface area contributed by atoms with E-state index in [9.17, 15) is 10.1 Å². The van der Waals surface area contributed by atoms with Gasteiger partial charge in [0, 0.05) is 26.2 Å². The molecule has 2 heterocycles. The molecule has 1 aliphatic rings. The maximum Gasteiger partial charge on any atom is 0.372 e. The Bertz CT molecular complexity index is 474. The summed E-state index contributed by atoms with van der Waals surface area (Å²) in [6, 6.07) is 0. The van der Waals surface area contributed by atoms with Crippen LogP contribution < -0.4 is 9.64 Å². The van der Waals surface area contributed by atoms with Crippen molar-refractivity contribution in [2.75, 3.05) is 44.2 Å². The van der Waals surface area contributed by atoms with Crippen LogP contribution in [0.2, 0.25) is 0 Å². The van der Waals surface area contributed by atoms with E-state index in [1.807, 2.05) is 4.90 Å². The molecule has 0 atom stereocenters. The first-order chi connectivity index (χ1) is 9.67. The van der Waals surface area contributed by atoms with E-state index in [4.69, 9.17) is 4.74 Å². The largest absolute Gasteiger partial charge is 0.473 e. The molecule has 0 amide bonds. The average molecular weight is 281 g/mol. The summed E-state index contributed by atoms with van der Waals surface area (Å²) in [7, 11) is 0. The van der Waals surface area contributed by atoms with Gasteiger partial charge >= 0.3 is 5.69 Å². The third-order valence-corrected chi connectivity index (χ3v) is 3.35. The highest BCUT2D eigenvalue weighted by Crippen LogP contribution is 2.33. The number of ether oxygens (including phenoxy) is 1. The molecule has 0 spiro atoms. The van der Waals surface area contributed by atoms with Gasteiger partial charge in [-0.3, -0.25) is 10.1 Å². The lowest BCUT2D eigenvalue weighted by atomic mass is 10.3. The Morgan fingerprint density at radius 3 is 2.55 bits per heavy atom. The average Bonchev–Trinajstić information content (AvgIpc) is 2.47. The molecule has 8 heteroatoms. The van der Waals surface area contributed by atoms with Gasteiger partial charge in [-0.1, -0.05) is 6.92 Å². The molecule has 20 heavy (non-hydrogen) atoms. The third kappa shape index (κ3) is 2.96. The summed E-state index contributed by atoms with van der Waals surface area (Å²) in [5.74, 6) is 0.393. The number of likely N-dealkylation sites (N-methyl/N-ethyl adjacent to an activating group) is 1. The number of piperazine rings is 1. The van der Waals surface area contributed by atoms with Crippen molar-refractivity contribution < 1.29 is 9.66 Å². The Morgan fingerprint density at radius 1 is 1.30 bits per heavy atom. The number of hydrogen-bond donors (Lipinski definition) is 0. The van der Waals surface area contributed by atoms with Crippen molar-refractivity contribution in [2.24, 2.45) is 0 Å². The van der Waals surface area contributed by atoms with E-state index in [1.54, 1.807) is 6.92 Å². The zero-order valence-corrected chi connectivity index (χ0v) is 11.8. The lowest BCUT2D eigenvalue weighted by Gasteiger charge is -2.34. The maximum atomic E-state index is 11.3. The molecule has 0 bridgehead atoms. The molecule has 0 aliphatic carbocycles. The van der Waals surface area contributed by atoms with Gasteiger partial charge in [0.1, 0.15) is 6.33 Å². The van der Waals surface area contributed by atoms with E-state index in [0.717, 1.165) is 32.7 Å². The minimum Gasteiger partial charge on any atom is -0.473 e. The number of rotatable bonds is 5. The summed E-state index contributed by atoms with van der Waals surface area (Å²) in [6.07, 6.45) is 1.32. The molecule has 0 saturated carbocycles. The highest BCUT2D eigenvalue weighted by atomic mass is 16.6. The fraction of sp³-hybridized carbons (Fsp3) is 0.667. The lowest BCUT2D eigenvalue weighted by molar-refractivity contribution is -0.385. The quantitative estimate of drug-likeness (QED) is 0.586. The predicted octanol–water partition coefficient (Wildman–Crippen LogP) is 0.925. The number of aromatic nitrogens is 2. The normalized spacial score (nSPS) is 16.2. The highest BCUT2D eigenvalue weighted by molar-refractivity contribution is 5.62. The van der Waals surface area contributed by atoms with Crippen molar-refractivity contribution in [3.63, 3.8) is 0 Å². The van der Waals surface area contributed by atoms with Gasteiger partial charge in [0.15, 0.2) is 0 Å². The minimum absolute atomic E-state index is 0.0421. The maximum absolute atomic E-state index is 11.3. The van der Waals surface area contributed by atoms with Crippen LogP contribution in [0.4, 0.5) is 11.5 Å². The van der Waals surface area contributed by atoms with Crippen LogP contribution in [0.25, 0.3) is 0 Å². The Kier molecular flexibility index (Phi) is 4.67. The van der Waals surface area contributed by atoms with Crippen molar-refractivity contribution in [3.8, 4) is 5.88 Å². The summed E-state index contributed by atoms with van der Waals surface area (Å²) in [4.78, 5) is 23.0. The summed E-state index contributed by atoms with van der Waals surface area (Å²) >= 11 is 0. The van der Waals surface area contributed by atoms with Gasteiger partial charge in [-0.15, -0.1) is 0 Å². The molecule has 1 fully saturated rings. The second-order valence-electron chi connectivity index (χ2n) is 4.46. The van der Waals surface area contributed by atoms with E-state index in [1.165, 1.54) is 6.33 Å². The Morgan fingerprint density at radius 2 is 2.00 bits per heavy atom. The Labute approximate surface area is 117 Å². The number of anilines is 1. The molecule has 0 radical (unpaired) electrons. The molecular formula is C12H19N5O3. The van der Waals surface area contributed by atoms with Crippen molar-refractivity contribution in [1.82, 2.24) is 14.9 Å². The number of hydrogen-bond acceptors (Lipinski definition) is 7. The van der Waals surface area contributed by atoms with Crippen molar-refractivity contribution in [2.45, 2.75) is 13.8 Å². The van der Waals surface area contributed by atoms with Crippen LogP contribution in [-0.2, 0) is 0 Å². The molecule has 110 valence electrons. The molecule has 0 aromatic carbocycles. The van der Waals surface area contributed by atoms with Crippen LogP contribution in [0, 0.1) is 10.1 Å². The summed E-state index contributed by atoms with van der Waals surface area (Å²) in [6.45, 7) is 8.39. The van der Waals surface area contributed by atoms with Crippen LogP contribution >= 0.6 is 0 Å². The molecular weight excluding hydrogens is 262 g/mol. The van der Waals surface area contributed by atoms with E-state index in [0.29, 0.717) is 12.4 Å². The molecule has 0 unspecified atom stereocenters. The summed E-state index contributed by atoms with van der Waals surface area (Å²) < 4.78 is 5.24. The first-order valence-corrected chi connectivity index (χ1v) is 6.76. The molecule has 1 aliphatic heterocycles. The molecule has 1 saturated heterocycles. The van der Waals surface area contributed by atoms with E-state index in [2.05, 4.69) is 21.8 Å². The Balaban J connectivity index is 2.27. The minimum atomic E-state index is -0.466. The van der Waals surface area contributed by atoms with Crippen LogP contribution in [0.15, 0.2) is 6.33 Å². The third-order valence-electron chi connectivity index (χ3n) is 3.35. The van der Waals surface area contributed by atoms with Gasteiger partial charge in [0.25, 0.3) is 5.88 Å². The predicted molar refractivity (Wildman–Crippen MR) is 74.2 cm³/mol. The van der Waals surface area contributed by atoms with Gasteiger partial charge in [-0.05, 0) is 13.5 Å². The molecule has 2 rings (SSSR count). The van der Waals surface area contributed by atoms with Gasteiger partial charge in [0.05, 0.1) is 11.5 Å². The lowest BCUT2D eigenvalue weighted by Crippen LogP contribution is -2.46. The fourth-order valence-corrected chi connectivity index (χ4v) is 2.26. The second-order valence-corrected chi connectivity index (χ2v) is 4.46. The van der Waals surface area contributed by atoms with Crippen LogP contribution in [0.5, 0.6) is 5.88 Å².